The quantitative estimate of drug-likeness (QED) is 0.539. The minimum Gasteiger partial charge on any atom is -0.483 e. The molecule has 2 aromatic carbocycles. The first-order valence-corrected chi connectivity index (χ1v) is 11.2. The molecule has 0 radical (unpaired) electrons. The second kappa shape index (κ2) is 9.31. The smallest absolute Gasteiger partial charge is 0.422 e. The van der Waals surface area contributed by atoms with Crippen LogP contribution in [0.15, 0.2) is 30.3 Å². The molecule has 1 aliphatic rings. The summed E-state index contributed by atoms with van der Waals surface area (Å²) in [5.74, 6) is -1.57. The van der Waals surface area contributed by atoms with E-state index in [-0.39, 0.29) is 23.5 Å². The Bertz CT molecular complexity index is 1110. The van der Waals surface area contributed by atoms with Crippen molar-refractivity contribution < 1.29 is 32.6 Å². The van der Waals surface area contributed by atoms with Crippen molar-refractivity contribution in [3.8, 4) is 16.9 Å². The van der Waals surface area contributed by atoms with Crippen molar-refractivity contribution in [3.63, 3.8) is 0 Å². The molecule has 0 aliphatic carbocycles. The lowest BCUT2D eigenvalue weighted by Crippen LogP contribution is -2.41. The summed E-state index contributed by atoms with van der Waals surface area (Å²) in [4.78, 5) is 25.8. The van der Waals surface area contributed by atoms with E-state index in [1.807, 2.05) is 39.8 Å². The molecule has 0 bridgehead atoms. The second-order valence-electron chi connectivity index (χ2n) is 9.56. The molecule has 1 aliphatic heterocycles. The molecule has 5 nitrogen and oxygen atoms in total. The molecule has 1 unspecified atom stereocenters. The van der Waals surface area contributed by atoms with Gasteiger partial charge in [-0.05, 0) is 60.7 Å². The van der Waals surface area contributed by atoms with Gasteiger partial charge in [-0.2, -0.15) is 13.2 Å². The number of fused-ring (bicyclic) bond motifs is 1. The molecule has 8 heteroatoms. The fourth-order valence-electron chi connectivity index (χ4n) is 4.44. The van der Waals surface area contributed by atoms with E-state index in [9.17, 15) is 27.9 Å². The number of nitrogens with zero attached hydrogens (tertiary/aromatic N) is 1. The fraction of sp³-hybridized carbons (Fsp3) is 0.462. The van der Waals surface area contributed by atoms with Gasteiger partial charge in [0.25, 0.3) is 0 Å². The molecule has 0 saturated carbocycles. The Morgan fingerprint density at radius 1 is 1.21 bits per heavy atom. The number of alkyl halides is 3. The Morgan fingerprint density at radius 3 is 2.47 bits per heavy atom. The third kappa shape index (κ3) is 5.37. The first-order chi connectivity index (χ1) is 15.7. The molecular weight excluding hydrogens is 447 g/mol. The zero-order valence-electron chi connectivity index (χ0n) is 20.0. The van der Waals surface area contributed by atoms with E-state index in [1.54, 1.807) is 24.0 Å². The number of hydrogen-bond donors (Lipinski definition) is 1. The Balaban J connectivity index is 2.18. The topological polar surface area (TPSA) is 66.8 Å². The van der Waals surface area contributed by atoms with E-state index in [2.05, 4.69) is 0 Å². The van der Waals surface area contributed by atoms with Gasteiger partial charge in [0.2, 0.25) is 5.91 Å². The molecule has 34 heavy (non-hydrogen) atoms. The molecule has 184 valence electrons. The Hall–Kier alpha value is -3.03. The predicted molar refractivity (Wildman–Crippen MR) is 124 cm³/mol. The van der Waals surface area contributed by atoms with E-state index in [4.69, 9.17) is 4.74 Å². The SMILES string of the molecule is CCN1C(=O)CC(C)(C)c2cc(C)c(-c3cc(CC(C)C(=O)O)ccc3OCC(F)(F)F)cc21. The highest BCUT2D eigenvalue weighted by molar-refractivity contribution is 5.99. The molecular formula is C26H30F3NO4. The molecule has 3 rings (SSSR count). The first-order valence-electron chi connectivity index (χ1n) is 11.2. The van der Waals surface area contributed by atoms with E-state index >= 15 is 0 Å². The van der Waals surface area contributed by atoms with Crippen molar-refractivity contribution in [2.24, 2.45) is 5.92 Å². The summed E-state index contributed by atoms with van der Waals surface area (Å²) in [5.41, 5.74) is 3.94. The van der Waals surface area contributed by atoms with Gasteiger partial charge in [0.05, 0.1) is 5.92 Å². The fourth-order valence-corrected chi connectivity index (χ4v) is 4.44. The predicted octanol–water partition coefficient (Wildman–Crippen LogP) is 5.90. The third-order valence-electron chi connectivity index (χ3n) is 6.26. The van der Waals surface area contributed by atoms with Crippen LogP contribution in [0.25, 0.3) is 11.1 Å². The summed E-state index contributed by atoms with van der Waals surface area (Å²) >= 11 is 0. The standard InChI is InChI=1S/C26H30F3NO4/c1-6-30-21-12-18(15(2)10-20(21)25(4,5)13-23(30)31)19-11-17(9-16(3)24(32)33)7-8-22(19)34-14-26(27,28)29/h7-8,10-12,16H,6,9,13-14H2,1-5H3,(H,32,33). The average molecular weight is 478 g/mol. The number of carboxylic acids is 1. The summed E-state index contributed by atoms with van der Waals surface area (Å²) < 4.78 is 43.9. The molecule has 1 N–H and O–H groups in total. The zero-order valence-corrected chi connectivity index (χ0v) is 20.0. The van der Waals surface area contributed by atoms with Crippen LogP contribution in [0, 0.1) is 12.8 Å². The number of benzene rings is 2. The van der Waals surface area contributed by atoms with Crippen molar-refractivity contribution in [3.05, 3.63) is 47.0 Å². The van der Waals surface area contributed by atoms with Gasteiger partial charge in [0.15, 0.2) is 6.61 Å². The van der Waals surface area contributed by atoms with E-state index in [0.29, 0.717) is 29.7 Å². The number of ether oxygens (including phenoxy) is 1. The Morgan fingerprint density at radius 2 is 1.88 bits per heavy atom. The summed E-state index contributed by atoms with van der Waals surface area (Å²) in [5, 5.41) is 9.28. The maximum absolute atomic E-state index is 12.9. The van der Waals surface area contributed by atoms with Crippen molar-refractivity contribution >= 4 is 17.6 Å². The van der Waals surface area contributed by atoms with Gasteiger partial charge in [0.1, 0.15) is 5.75 Å². The number of anilines is 1. The molecule has 2 aromatic rings. The number of amides is 1. The van der Waals surface area contributed by atoms with Gasteiger partial charge in [-0.3, -0.25) is 9.59 Å². The summed E-state index contributed by atoms with van der Waals surface area (Å²) in [6, 6.07) is 8.56. The average Bonchev–Trinajstić information content (AvgIpc) is 2.72. The van der Waals surface area contributed by atoms with E-state index < -0.39 is 24.7 Å². The van der Waals surface area contributed by atoms with Gasteiger partial charge < -0.3 is 14.7 Å². The maximum Gasteiger partial charge on any atom is 0.422 e. The van der Waals surface area contributed by atoms with Crippen molar-refractivity contribution in [1.29, 1.82) is 0 Å². The van der Waals surface area contributed by atoms with Crippen LogP contribution in [0.1, 0.15) is 50.8 Å². The minimum atomic E-state index is -4.51. The zero-order chi connectivity index (χ0) is 25.4. The van der Waals surface area contributed by atoms with Crippen LogP contribution >= 0.6 is 0 Å². The van der Waals surface area contributed by atoms with Crippen LogP contribution < -0.4 is 9.64 Å². The lowest BCUT2D eigenvalue weighted by Gasteiger charge is -2.39. The summed E-state index contributed by atoms with van der Waals surface area (Å²) in [6.45, 7) is 8.36. The first kappa shape index (κ1) is 25.6. The third-order valence-corrected chi connectivity index (χ3v) is 6.26. The van der Waals surface area contributed by atoms with E-state index in [1.165, 1.54) is 6.07 Å². The summed E-state index contributed by atoms with van der Waals surface area (Å²) in [6.07, 6.45) is -3.91. The molecule has 1 atom stereocenters. The Kier molecular flexibility index (Phi) is 7.01. The number of aliphatic carboxylic acids is 1. The maximum atomic E-state index is 12.9. The molecule has 0 spiro atoms. The van der Waals surface area contributed by atoms with Crippen LogP contribution in [-0.4, -0.2) is 36.3 Å². The lowest BCUT2D eigenvalue weighted by atomic mass is 9.75. The lowest BCUT2D eigenvalue weighted by molar-refractivity contribution is -0.153. The van der Waals surface area contributed by atoms with Gasteiger partial charge in [-0.25, -0.2) is 0 Å². The number of carbonyl (C=O) groups excluding carboxylic acids is 1. The van der Waals surface area contributed by atoms with Crippen LogP contribution in [0.5, 0.6) is 5.75 Å². The van der Waals surface area contributed by atoms with Crippen LogP contribution in [-0.2, 0) is 21.4 Å². The number of carbonyl (C=O) groups is 2. The molecule has 1 amide bonds. The van der Waals surface area contributed by atoms with Gasteiger partial charge in [-0.1, -0.05) is 32.9 Å². The van der Waals surface area contributed by atoms with Gasteiger partial charge >= 0.3 is 12.1 Å². The second-order valence-corrected chi connectivity index (χ2v) is 9.56. The highest BCUT2D eigenvalue weighted by Gasteiger charge is 2.37. The van der Waals surface area contributed by atoms with Crippen molar-refractivity contribution in [2.45, 2.75) is 59.1 Å². The van der Waals surface area contributed by atoms with E-state index in [0.717, 1.165) is 16.8 Å². The largest absolute Gasteiger partial charge is 0.483 e. The molecule has 0 fully saturated rings. The van der Waals surface area contributed by atoms with Crippen LogP contribution in [0.4, 0.5) is 18.9 Å². The van der Waals surface area contributed by atoms with Crippen LogP contribution in [0.2, 0.25) is 0 Å². The van der Waals surface area contributed by atoms with Crippen molar-refractivity contribution in [1.82, 2.24) is 0 Å². The number of halogens is 3. The highest BCUT2D eigenvalue weighted by atomic mass is 19.4. The normalized spacial score (nSPS) is 16.2. The summed E-state index contributed by atoms with van der Waals surface area (Å²) in [7, 11) is 0. The molecule has 0 saturated heterocycles. The number of hydrogen-bond acceptors (Lipinski definition) is 3. The van der Waals surface area contributed by atoms with Crippen LogP contribution in [0.3, 0.4) is 0 Å². The monoisotopic (exact) mass is 477 g/mol. The molecule has 1 heterocycles. The minimum absolute atomic E-state index is 0.00705. The Labute approximate surface area is 197 Å². The molecule has 0 aromatic heterocycles. The highest BCUT2D eigenvalue weighted by Crippen LogP contribution is 2.45. The van der Waals surface area contributed by atoms with Gasteiger partial charge in [-0.15, -0.1) is 0 Å². The number of aryl methyl sites for hydroxylation is 1. The van der Waals surface area contributed by atoms with Crippen molar-refractivity contribution in [2.75, 3.05) is 18.1 Å². The van der Waals surface area contributed by atoms with Gasteiger partial charge in [0, 0.05) is 29.6 Å². The number of carboxylic acid groups (broad SMARTS) is 1. The number of rotatable bonds is 7.